The standard InChI is InChI=1S/C17H20Cl3NO3/c1-21(16(22)17(18,19)20)13-7-5-4-6-12(13)11-8-9-14(23-2)15(10-11)24-3/h8-10H,4-7H2,1-3H3. The quantitative estimate of drug-likeness (QED) is 0.690. The first-order valence-electron chi connectivity index (χ1n) is 7.59. The summed E-state index contributed by atoms with van der Waals surface area (Å²) in [5.74, 6) is 0.745. The van der Waals surface area contributed by atoms with Crippen LogP contribution in [0.5, 0.6) is 11.5 Å². The molecular formula is C17H20Cl3NO3. The maximum Gasteiger partial charge on any atom is 0.278 e. The molecule has 1 aromatic rings. The smallest absolute Gasteiger partial charge is 0.278 e. The van der Waals surface area contributed by atoms with E-state index in [1.807, 2.05) is 18.2 Å². The number of nitrogens with zero attached hydrogens (tertiary/aromatic N) is 1. The van der Waals surface area contributed by atoms with Gasteiger partial charge in [-0.05, 0) is 49.0 Å². The molecule has 0 saturated carbocycles. The number of halogens is 3. The summed E-state index contributed by atoms with van der Waals surface area (Å²) in [5.41, 5.74) is 2.92. The summed E-state index contributed by atoms with van der Waals surface area (Å²) in [4.78, 5) is 13.8. The third-order valence-electron chi connectivity index (χ3n) is 4.12. The Hall–Kier alpha value is -1.10. The lowest BCUT2D eigenvalue weighted by molar-refractivity contribution is -0.127. The van der Waals surface area contributed by atoms with Crippen molar-refractivity contribution in [2.75, 3.05) is 21.3 Å². The number of amides is 1. The highest BCUT2D eigenvalue weighted by Gasteiger charge is 2.36. The highest BCUT2D eigenvalue weighted by molar-refractivity contribution is 6.76. The summed E-state index contributed by atoms with van der Waals surface area (Å²) in [6.45, 7) is 0. The molecule has 0 spiro atoms. The zero-order valence-corrected chi connectivity index (χ0v) is 16.1. The summed E-state index contributed by atoms with van der Waals surface area (Å²) in [5, 5.41) is 0. The maximum atomic E-state index is 12.3. The van der Waals surface area contributed by atoms with Crippen molar-refractivity contribution in [2.24, 2.45) is 0 Å². The molecule has 24 heavy (non-hydrogen) atoms. The van der Waals surface area contributed by atoms with Gasteiger partial charge in [-0.15, -0.1) is 0 Å². The summed E-state index contributed by atoms with van der Waals surface area (Å²) in [6, 6.07) is 5.72. The maximum absolute atomic E-state index is 12.3. The minimum atomic E-state index is -1.97. The number of benzene rings is 1. The van der Waals surface area contributed by atoms with Crippen molar-refractivity contribution in [1.82, 2.24) is 4.90 Å². The first kappa shape index (κ1) is 19.2. The Morgan fingerprint density at radius 3 is 2.29 bits per heavy atom. The Balaban J connectivity index is 2.47. The van der Waals surface area contributed by atoms with E-state index in [9.17, 15) is 4.79 Å². The van der Waals surface area contributed by atoms with Crippen LogP contribution in [0.25, 0.3) is 5.57 Å². The molecule has 0 heterocycles. The van der Waals surface area contributed by atoms with Crippen molar-refractivity contribution >= 4 is 46.3 Å². The van der Waals surface area contributed by atoms with E-state index >= 15 is 0 Å². The van der Waals surface area contributed by atoms with Crippen LogP contribution in [-0.2, 0) is 4.79 Å². The second-order valence-electron chi connectivity index (χ2n) is 5.56. The highest BCUT2D eigenvalue weighted by Crippen LogP contribution is 2.39. The molecular weight excluding hydrogens is 373 g/mol. The molecule has 0 N–H and O–H groups in total. The molecule has 0 fully saturated rings. The molecule has 0 bridgehead atoms. The number of alkyl halides is 3. The average molecular weight is 393 g/mol. The number of carbonyl (C=O) groups is 1. The van der Waals surface area contributed by atoms with Crippen LogP contribution in [0.2, 0.25) is 0 Å². The van der Waals surface area contributed by atoms with E-state index in [0.29, 0.717) is 11.5 Å². The normalized spacial score (nSPS) is 15.2. The van der Waals surface area contributed by atoms with E-state index in [0.717, 1.165) is 42.5 Å². The van der Waals surface area contributed by atoms with Gasteiger partial charge in [-0.25, -0.2) is 0 Å². The summed E-state index contributed by atoms with van der Waals surface area (Å²) in [6.07, 6.45) is 3.64. The fraction of sp³-hybridized carbons (Fsp3) is 0.471. The number of rotatable bonds is 4. The second kappa shape index (κ2) is 7.85. The second-order valence-corrected chi connectivity index (χ2v) is 7.85. The Kier molecular flexibility index (Phi) is 6.29. The number of carbonyl (C=O) groups excluding carboxylic acids is 1. The number of hydrogen-bond donors (Lipinski definition) is 0. The molecule has 0 radical (unpaired) electrons. The van der Waals surface area contributed by atoms with Crippen LogP contribution < -0.4 is 9.47 Å². The molecule has 1 aliphatic rings. The Bertz CT molecular complexity index is 653. The summed E-state index contributed by atoms with van der Waals surface area (Å²) < 4.78 is 8.68. The van der Waals surface area contributed by atoms with Crippen molar-refractivity contribution in [3.8, 4) is 11.5 Å². The van der Waals surface area contributed by atoms with Crippen LogP contribution in [0.1, 0.15) is 31.2 Å². The van der Waals surface area contributed by atoms with Crippen LogP contribution in [0.4, 0.5) is 0 Å². The van der Waals surface area contributed by atoms with Gasteiger partial charge in [0.15, 0.2) is 11.5 Å². The topological polar surface area (TPSA) is 38.8 Å². The Morgan fingerprint density at radius 2 is 1.71 bits per heavy atom. The predicted octanol–water partition coefficient (Wildman–Crippen LogP) is 4.82. The minimum Gasteiger partial charge on any atom is -0.493 e. The van der Waals surface area contributed by atoms with Crippen LogP contribution in [-0.4, -0.2) is 35.9 Å². The summed E-state index contributed by atoms with van der Waals surface area (Å²) in [7, 11) is 4.83. The molecule has 4 nitrogen and oxygen atoms in total. The third-order valence-corrected chi connectivity index (χ3v) is 4.61. The van der Waals surface area contributed by atoms with E-state index in [1.54, 1.807) is 21.3 Å². The number of allylic oxidation sites excluding steroid dienone is 2. The highest BCUT2D eigenvalue weighted by atomic mass is 35.6. The zero-order valence-electron chi connectivity index (χ0n) is 13.9. The molecule has 0 aliphatic heterocycles. The molecule has 0 saturated heterocycles. The first-order valence-corrected chi connectivity index (χ1v) is 8.72. The van der Waals surface area contributed by atoms with Crippen LogP contribution in [0.15, 0.2) is 23.9 Å². The van der Waals surface area contributed by atoms with E-state index in [1.165, 1.54) is 4.90 Å². The van der Waals surface area contributed by atoms with Crippen molar-refractivity contribution in [1.29, 1.82) is 0 Å². The third kappa shape index (κ3) is 4.11. The molecule has 2 rings (SSSR count). The van der Waals surface area contributed by atoms with Crippen molar-refractivity contribution in [2.45, 2.75) is 29.5 Å². The van der Waals surface area contributed by atoms with Gasteiger partial charge in [0.25, 0.3) is 9.70 Å². The Labute approximate surface area is 157 Å². The van der Waals surface area contributed by atoms with E-state index < -0.39 is 9.70 Å². The first-order chi connectivity index (χ1) is 11.3. The molecule has 1 aromatic carbocycles. The lowest BCUT2D eigenvalue weighted by Gasteiger charge is -2.30. The summed E-state index contributed by atoms with van der Waals surface area (Å²) >= 11 is 17.3. The van der Waals surface area contributed by atoms with Gasteiger partial charge in [0, 0.05) is 12.7 Å². The lowest BCUT2D eigenvalue weighted by atomic mass is 9.90. The van der Waals surface area contributed by atoms with Crippen LogP contribution in [0, 0.1) is 0 Å². The van der Waals surface area contributed by atoms with E-state index in [2.05, 4.69) is 0 Å². The number of ether oxygens (including phenoxy) is 2. The SMILES string of the molecule is COc1ccc(C2=C(N(C)C(=O)C(Cl)(Cl)Cl)CCCC2)cc1OC. The van der Waals surface area contributed by atoms with E-state index in [4.69, 9.17) is 44.3 Å². The van der Waals surface area contributed by atoms with Crippen molar-refractivity contribution in [3.63, 3.8) is 0 Å². The molecule has 132 valence electrons. The fourth-order valence-electron chi connectivity index (χ4n) is 2.91. The van der Waals surface area contributed by atoms with Gasteiger partial charge in [0.2, 0.25) is 0 Å². The number of hydrogen-bond acceptors (Lipinski definition) is 3. The largest absolute Gasteiger partial charge is 0.493 e. The average Bonchev–Trinajstić information content (AvgIpc) is 2.59. The van der Waals surface area contributed by atoms with Crippen LogP contribution in [0.3, 0.4) is 0 Å². The molecule has 0 aromatic heterocycles. The zero-order chi connectivity index (χ0) is 17.9. The molecule has 1 aliphatic carbocycles. The van der Waals surface area contributed by atoms with Gasteiger partial charge in [0.05, 0.1) is 14.2 Å². The van der Waals surface area contributed by atoms with Crippen molar-refractivity contribution in [3.05, 3.63) is 29.5 Å². The number of methoxy groups -OCH3 is 2. The van der Waals surface area contributed by atoms with Gasteiger partial charge < -0.3 is 14.4 Å². The minimum absolute atomic E-state index is 0.553. The van der Waals surface area contributed by atoms with Crippen LogP contribution >= 0.6 is 34.8 Å². The molecule has 0 atom stereocenters. The predicted molar refractivity (Wildman–Crippen MR) is 98.0 cm³/mol. The van der Waals surface area contributed by atoms with Gasteiger partial charge in [-0.3, -0.25) is 4.79 Å². The lowest BCUT2D eigenvalue weighted by Crippen LogP contribution is -2.36. The molecule has 1 amide bonds. The van der Waals surface area contributed by atoms with Gasteiger partial charge in [0.1, 0.15) is 0 Å². The van der Waals surface area contributed by atoms with Gasteiger partial charge >= 0.3 is 0 Å². The fourth-order valence-corrected chi connectivity index (χ4v) is 3.29. The molecule has 0 unspecified atom stereocenters. The van der Waals surface area contributed by atoms with Crippen molar-refractivity contribution < 1.29 is 14.3 Å². The van der Waals surface area contributed by atoms with Gasteiger partial charge in [-0.1, -0.05) is 40.9 Å². The Morgan fingerprint density at radius 1 is 1.08 bits per heavy atom. The monoisotopic (exact) mass is 391 g/mol. The molecule has 7 heteroatoms. The van der Waals surface area contributed by atoms with Gasteiger partial charge in [-0.2, -0.15) is 0 Å². The van der Waals surface area contributed by atoms with E-state index in [-0.39, 0.29) is 0 Å².